The van der Waals surface area contributed by atoms with E-state index in [0.717, 1.165) is 50.9 Å². The summed E-state index contributed by atoms with van der Waals surface area (Å²) in [6.45, 7) is 7.83. The van der Waals surface area contributed by atoms with Gasteiger partial charge in [0.2, 0.25) is 0 Å². The number of piperidine rings is 1. The van der Waals surface area contributed by atoms with Gasteiger partial charge in [-0.25, -0.2) is 0 Å². The highest BCUT2D eigenvalue weighted by Gasteiger charge is 2.29. The van der Waals surface area contributed by atoms with Crippen LogP contribution in [0.25, 0.3) is 0 Å². The van der Waals surface area contributed by atoms with Crippen LogP contribution in [0.15, 0.2) is 6.20 Å². The Balaban J connectivity index is 1.91. The molecule has 0 aliphatic carbocycles. The monoisotopic (exact) mass is 307 g/mol. The van der Waals surface area contributed by atoms with Crippen LogP contribution in [0, 0.1) is 11.8 Å². The fraction of sp³-hybridized carbons (Fsp3) is 0.765. The highest BCUT2D eigenvalue weighted by atomic mass is 16.3. The third kappa shape index (κ3) is 4.09. The summed E-state index contributed by atoms with van der Waals surface area (Å²) < 4.78 is 0. The van der Waals surface area contributed by atoms with Gasteiger partial charge in [0.05, 0.1) is 17.9 Å². The fourth-order valence-electron chi connectivity index (χ4n) is 3.27. The zero-order valence-corrected chi connectivity index (χ0v) is 14.0. The van der Waals surface area contributed by atoms with E-state index in [4.69, 9.17) is 0 Å². The lowest BCUT2D eigenvalue weighted by Gasteiger charge is -2.34. The molecule has 5 heteroatoms. The van der Waals surface area contributed by atoms with Crippen LogP contribution in [0.3, 0.4) is 0 Å². The second-order valence-electron chi connectivity index (χ2n) is 6.84. The first kappa shape index (κ1) is 17.0. The van der Waals surface area contributed by atoms with Crippen LogP contribution in [0.4, 0.5) is 0 Å². The van der Waals surface area contributed by atoms with Crippen molar-refractivity contribution in [1.82, 2.24) is 15.1 Å². The molecule has 1 saturated heterocycles. The Kier molecular flexibility index (Phi) is 6.00. The molecule has 1 aliphatic rings. The van der Waals surface area contributed by atoms with Crippen LogP contribution in [-0.4, -0.2) is 45.3 Å². The van der Waals surface area contributed by atoms with Gasteiger partial charge in [-0.3, -0.25) is 9.89 Å². The van der Waals surface area contributed by atoms with E-state index in [1.54, 1.807) is 6.20 Å². The molecule has 22 heavy (non-hydrogen) atoms. The van der Waals surface area contributed by atoms with Crippen molar-refractivity contribution in [2.45, 2.75) is 59.0 Å². The minimum atomic E-state index is -0.234. The Morgan fingerprint density at radius 1 is 1.45 bits per heavy atom. The highest BCUT2D eigenvalue weighted by molar-refractivity contribution is 5.95. The molecule has 1 atom stereocenters. The van der Waals surface area contributed by atoms with Gasteiger partial charge >= 0.3 is 0 Å². The number of aromatic amines is 1. The third-order valence-electron chi connectivity index (χ3n) is 4.53. The Bertz CT molecular complexity index is 476. The summed E-state index contributed by atoms with van der Waals surface area (Å²) in [6.07, 6.45) is 5.88. The standard InChI is InChI=1S/C17H29N3O2/c1-4-5-15-14(11-18-19-15)17(22)20-8-6-13(7-9-20)16(21)10-12(2)3/h11-13,16,21H,4-10H2,1-3H3,(H,18,19)/t16-/m1/s1. The summed E-state index contributed by atoms with van der Waals surface area (Å²) >= 11 is 0. The molecule has 1 amide bonds. The lowest BCUT2D eigenvalue weighted by molar-refractivity contribution is 0.0384. The maximum atomic E-state index is 12.6. The smallest absolute Gasteiger partial charge is 0.257 e. The number of amides is 1. The zero-order valence-electron chi connectivity index (χ0n) is 14.0. The molecule has 0 saturated carbocycles. The summed E-state index contributed by atoms with van der Waals surface area (Å²) in [7, 11) is 0. The molecule has 1 aromatic rings. The average molecular weight is 307 g/mol. The Morgan fingerprint density at radius 3 is 2.73 bits per heavy atom. The molecule has 2 heterocycles. The molecular formula is C17H29N3O2. The SMILES string of the molecule is CCCc1[nH]ncc1C(=O)N1CCC([C@H](O)CC(C)C)CC1. The lowest BCUT2D eigenvalue weighted by atomic mass is 9.87. The summed E-state index contributed by atoms with van der Waals surface area (Å²) in [6, 6.07) is 0. The number of H-pyrrole nitrogens is 1. The van der Waals surface area contributed by atoms with E-state index >= 15 is 0 Å². The number of nitrogens with zero attached hydrogens (tertiary/aromatic N) is 2. The van der Waals surface area contributed by atoms with Gasteiger partial charge in [0.15, 0.2) is 0 Å². The van der Waals surface area contributed by atoms with Gasteiger partial charge in [-0.15, -0.1) is 0 Å². The number of aromatic nitrogens is 2. The van der Waals surface area contributed by atoms with Gasteiger partial charge in [-0.05, 0) is 37.5 Å². The number of carbonyl (C=O) groups excluding carboxylic acids is 1. The highest BCUT2D eigenvalue weighted by Crippen LogP contribution is 2.25. The van der Waals surface area contributed by atoms with Crippen LogP contribution in [0.1, 0.15) is 62.5 Å². The predicted octanol–water partition coefficient (Wildman–Crippen LogP) is 2.62. The molecule has 0 bridgehead atoms. The number of rotatable bonds is 6. The largest absolute Gasteiger partial charge is 0.393 e. The number of hydrogen-bond acceptors (Lipinski definition) is 3. The minimum absolute atomic E-state index is 0.0778. The van der Waals surface area contributed by atoms with Gasteiger partial charge in [0.1, 0.15) is 0 Å². The maximum absolute atomic E-state index is 12.6. The Labute approximate surface area is 133 Å². The topological polar surface area (TPSA) is 69.2 Å². The van der Waals surface area contributed by atoms with Crippen molar-refractivity contribution in [2.75, 3.05) is 13.1 Å². The zero-order chi connectivity index (χ0) is 16.1. The first-order valence-electron chi connectivity index (χ1n) is 8.52. The van der Waals surface area contributed by atoms with Gasteiger partial charge in [0, 0.05) is 18.8 Å². The number of aliphatic hydroxyl groups is 1. The van der Waals surface area contributed by atoms with Crippen LogP contribution >= 0.6 is 0 Å². The molecule has 1 fully saturated rings. The molecule has 1 aliphatic heterocycles. The molecule has 0 radical (unpaired) electrons. The fourth-order valence-corrected chi connectivity index (χ4v) is 3.27. The number of carbonyl (C=O) groups is 1. The normalized spacial score (nSPS) is 18.0. The summed E-state index contributed by atoms with van der Waals surface area (Å²) in [5, 5.41) is 17.2. The third-order valence-corrected chi connectivity index (χ3v) is 4.53. The predicted molar refractivity (Wildman–Crippen MR) is 86.7 cm³/mol. The van der Waals surface area contributed by atoms with Crippen molar-refractivity contribution in [2.24, 2.45) is 11.8 Å². The second kappa shape index (κ2) is 7.77. The number of likely N-dealkylation sites (tertiary alicyclic amines) is 1. The van der Waals surface area contributed by atoms with Gasteiger partial charge in [0.25, 0.3) is 5.91 Å². The molecule has 124 valence electrons. The number of aliphatic hydroxyl groups excluding tert-OH is 1. The molecule has 2 N–H and O–H groups in total. The van der Waals surface area contributed by atoms with Crippen LogP contribution in [0.2, 0.25) is 0 Å². The number of aryl methyl sites for hydroxylation is 1. The van der Waals surface area contributed by atoms with Crippen molar-refractivity contribution in [3.63, 3.8) is 0 Å². The van der Waals surface area contributed by atoms with E-state index in [9.17, 15) is 9.90 Å². The molecular weight excluding hydrogens is 278 g/mol. The van der Waals surface area contributed by atoms with Crippen molar-refractivity contribution in [3.8, 4) is 0 Å². The summed E-state index contributed by atoms with van der Waals surface area (Å²) in [5.41, 5.74) is 1.65. The quantitative estimate of drug-likeness (QED) is 0.849. The number of hydrogen-bond donors (Lipinski definition) is 2. The molecule has 0 unspecified atom stereocenters. The first-order chi connectivity index (χ1) is 10.5. The van der Waals surface area contributed by atoms with Crippen molar-refractivity contribution in [1.29, 1.82) is 0 Å². The molecule has 0 spiro atoms. The second-order valence-corrected chi connectivity index (χ2v) is 6.84. The summed E-state index contributed by atoms with van der Waals surface area (Å²) in [5.74, 6) is 0.914. The Morgan fingerprint density at radius 2 is 2.14 bits per heavy atom. The van der Waals surface area contributed by atoms with E-state index < -0.39 is 0 Å². The van der Waals surface area contributed by atoms with E-state index in [0.29, 0.717) is 17.4 Å². The molecule has 1 aromatic heterocycles. The van der Waals surface area contributed by atoms with Gasteiger partial charge in [-0.2, -0.15) is 5.10 Å². The lowest BCUT2D eigenvalue weighted by Crippen LogP contribution is -2.41. The molecule has 0 aromatic carbocycles. The van der Waals surface area contributed by atoms with Gasteiger partial charge < -0.3 is 10.0 Å². The first-order valence-corrected chi connectivity index (χ1v) is 8.52. The van der Waals surface area contributed by atoms with Crippen molar-refractivity contribution >= 4 is 5.91 Å². The Hall–Kier alpha value is -1.36. The van der Waals surface area contributed by atoms with Crippen molar-refractivity contribution in [3.05, 3.63) is 17.5 Å². The van der Waals surface area contributed by atoms with E-state index in [1.807, 2.05) is 4.90 Å². The van der Waals surface area contributed by atoms with Gasteiger partial charge in [-0.1, -0.05) is 27.2 Å². The maximum Gasteiger partial charge on any atom is 0.257 e. The minimum Gasteiger partial charge on any atom is -0.393 e. The van der Waals surface area contributed by atoms with Crippen LogP contribution < -0.4 is 0 Å². The molecule has 2 rings (SSSR count). The van der Waals surface area contributed by atoms with E-state index in [2.05, 4.69) is 31.0 Å². The number of nitrogens with one attached hydrogen (secondary N) is 1. The average Bonchev–Trinajstić information content (AvgIpc) is 2.94. The van der Waals surface area contributed by atoms with Crippen LogP contribution in [0.5, 0.6) is 0 Å². The van der Waals surface area contributed by atoms with Crippen molar-refractivity contribution < 1.29 is 9.90 Å². The molecule has 5 nitrogen and oxygen atoms in total. The van der Waals surface area contributed by atoms with E-state index in [-0.39, 0.29) is 12.0 Å². The summed E-state index contributed by atoms with van der Waals surface area (Å²) in [4.78, 5) is 14.5. The van der Waals surface area contributed by atoms with E-state index in [1.165, 1.54) is 0 Å². The van der Waals surface area contributed by atoms with Crippen LogP contribution in [-0.2, 0) is 6.42 Å².